The number of hydrazone groups is 1. The summed E-state index contributed by atoms with van der Waals surface area (Å²) in [6.45, 7) is 0. The molecule has 0 radical (unpaired) electrons. The van der Waals surface area contributed by atoms with Gasteiger partial charge in [-0.2, -0.15) is 18.3 Å². The van der Waals surface area contributed by atoms with Crippen LogP contribution in [0.2, 0.25) is 0 Å². The zero-order chi connectivity index (χ0) is 14.6. The topological polar surface area (TPSA) is 54.6 Å². The number of benzene rings is 1. The van der Waals surface area contributed by atoms with Gasteiger partial charge in [-0.25, -0.2) is 5.43 Å². The largest absolute Gasteiger partial charge is 0.459 e. The van der Waals surface area contributed by atoms with Gasteiger partial charge in [-0.3, -0.25) is 4.79 Å². The van der Waals surface area contributed by atoms with Crippen molar-refractivity contribution < 1.29 is 22.4 Å². The highest BCUT2D eigenvalue weighted by Crippen LogP contribution is 2.28. The van der Waals surface area contributed by atoms with E-state index in [1.54, 1.807) is 6.07 Å². The van der Waals surface area contributed by atoms with Crippen LogP contribution in [-0.4, -0.2) is 12.1 Å². The molecule has 0 aliphatic carbocycles. The first-order valence-corrected chi connectivity index (χ1v) is 5.51. The first-order chi connectivity index (χ1) is 9.47. The Morgan fingerprint density at radius 3 is 2.45 bits per heavy atom. The number of halogens is 3. The van der Waals surface area contributed by atoms with Gasteiger partial charge in [0, 0.05) is 0 Å². The molecule has 104 valence electrons. The third kappa shape index (κ3) is 3.47. The average molecular weight is 282 g/mol. The first kappa shape index (κ1) is 13.9. The van der Waals surface area contributed by atoms with E-state index in [1.165, 1.54) is 30.7 Å². The molecule has 0 aliphatic rings. The molecule has 0 spiro atoms. The van der Waals surface area contributed by atoms with Gasteiger partial charge in [0.15, 0.2) is 5.76 Å². The molecule has 2 aromatic rings. The van der Waals surface area contributed by atoms with Crippen LogP contribution in [0.4, 0.5) is 13.2 Å². The fourth-order valence-electron chi connectivity index (χ4n) is 1.39. The number of carbonyl (C=O) groups is 1. The van der Waals surface area contributed by atoms with E-state index < -0.39 is 17.6 Å². The van der Waals surface area contributed by atoms with E-state index >= 15 is 0 Å². The van der Waals surface area contributed by atoms with Crippen LogP contribution in [0.25, 0.3) is 0 Å². The summed E-state index contributed by atoms with van der Waals surface area (Å²) in [5.41, 5.74) is 1.88. The minimum atomic E-state index is -4.37. The van der Waals surface area contributed by atoms with Crippen LogP contribution in [0.1, 0.15) is 21.7 Å². The highest BCUT2D eigenvalue weighted by molar-refractivity contribution is 5.92. The molecule has 0 saturated carbocycles. The Kier molecular flexibility index (Phi) is 3.88. The monoisotopic (exact) mass is 282 g/mol. The van der Waals surface area contributed by atoms with Gasteiger partial charge in [-0.15, -0.1) is 0 Å². The minimum Gasteiger partial charge on any atom is -0.459 e. The van der Waals surface area contributed by atoms with Crippen molar-refractivity contribution in [2.24, 2.45) is 5.10 Å². The smallest absolute Gasteiger partial charge is 0.416 e. The molecule has 1 amide bonds. The predicted molar refractivity (Wildman–Crippen MR) is 65.2 cm³/mol. The van der Waals surface area contributed by atoms with Crippen molar-refractivity contribution in [2.75, 3.05) is 0 Å². The Morgan fingerprint density at radius 1 is 1.20 bits per heavy atom. The lowest BCUT2D eigenvalue weighted by Gasteiger charge is -2.05. The molecular weight excluding hydrogens is 273 g/mol. The Bertz CT molecular complexity index is 602. The standard InChI is InChI=1S/C13H9F3N2O2/c14-13(15,16)10-5-3-9(4-6-10)8-17-18-12(19)11-2-1-7-20-11/h1-8H,(H,18,19)/b17-8-. The van der Waals surface area contributed by atoms with Gasteiger partial charge in [-0.1, -0.05) is 12.1 Å². The lowest BCUT2D eigenvalue weighted by molar-refractivity contribution is -0.137. The highest BCUT2D eigenvalue weighted by Gasteiger charge is 2.29. The van der Waals surface area contributed by atoms with Gasteiger partial charge in [0.1, 0.15) is 0 Å². The van der Waals surface area contributed by atoms with E-state index in [-0.39, 0.29) is 5.76 Å². The van der Waals surface area contributed by atoms with Crippen molar-refractivity contribution >= 4 is 12.1 Å². The quantitative estimate of drug-likeness (QED) is 0.694. The van der Waals surface area contributed by atoms with Gasteiger partial charge >= 0.3 is 12.1 Å². The maximum absolute atomic E-state index is 12.3. The van der Waals surface area contributed by atoms with Crippen molar-refractivity contribution in [3.63, 3.8) is 0 Å². The van der Waals surface area contributed by atoms with Crippen molar-refractivity contribution in [1.82, 2.24) is 5.43 Å². The van der Waals surface area contributed by atoms with Crippen LogP contribution < -0.4 is 5.43 Å². The summed E-state index contributed by atoms with van der Waals surface area (Å²) in [6, 6.07) is 7.40. The lowest BCUT2D eigenvalue weighted by Crippen LogP contribution is -2.16. The van der Waals surface area contributed by atoms with Crippen molar-refractivity contribution in [1.29, 1.82) is 0 Å². The van der Waals surface area contributed by atoms with Crippen LogP contribution in [0.15, 0.2) is 52.2 Å². The maximum atomic E-state index is 12.3. The Hall–Kier alpha value is -2.57. The molecule has 1 aromatic heterocycles. The summed E-state index contributed by atoms with van der Waals surface area (Å²) in [6.07, 6.45) is -1.79. The lowest BCUT2D eigenvalue weighted by atomic mass is 10.1. The number of rotatable bonds is 3. The van der Waals surface area contributed by atoms with E-state index in [0.29, 0.717) is 5.56 Å². The summed E-state index contributed by atoms with van der Waals surface area (Å²) < 4.78 is 41.8. The van der Waals surface area contributed by atoms with Gasteiger partial charge in [0.05, 0.1) is 18.0 Å². The Labute approximate surface area is 111 Å². The third-order valence-corrected chi connectivity index (χ3v) is 2.36. The van der Waals surface area contributed by atoms with Crippen LogP contribution in [0.3, 0.4) is 0 Å². The fourth-order valence-corrected chi connectivity index (χ4v) is 1.39. The number of alkyl halides is 3. The minimum absolute atomic E-state index is 0.0922. The molecule has 1 N–H and O–H groups in total. The van der Waals surface area contributed by atoms with E-state index in [0.717, 1.165) is 12.1 Å². The third-order valence-electron chi connectivity index (χ3n) is 2.36. The van der Waals surface area contributed by atoms with E-state index in [9.17, 15) is 18.0 Å². The molecule has 2 rings (SSSR count). The number of hydrogen-bond acceptors (Lipinski definition) is 3. The Morgan fingerprint density at radius 2 is 1.90 bits per heavy atom. The van der Waals surface area contributed by atoms with Crippen LogP contribution >= 0.6 is 0 Å². The number of hydrogen-bond donors (Lipinski definition) is 1. The van der Waals surface area contributed by atoms with Gasteiger partial charge in [-0.05, 0) is 29.8 Å². The number of amides is 1. The first-order valence-electron chi connectivity index (χ1n) is 5.51. The van der Waals surface area contributed by atoms with E-state index in [2.05, 4.69) is 10.5 Å². The molecule has 20 heavy (non-hydrogen) atoms. The highest BCUT2D eigenvalue weighted by atomic mass is 19.4. The molecule has 0 bridgehead atoms. The fraction of sp³-hybridized carbons (Fsp3) is 0.0769. The molecule has 1 aromatic carbocycles. The van der Waals surface area contributed by atoms with Gasteiger partial charge in [0.2, 0.25) is 0 Å². The molecule has 4 nitrogen and oxygen atoms in total. The summed E-state index contributed by atoms with van der Waals surface area (Å²) in [4.78, 5) is 11.4. The van der Waals surface area contributed by atoms with E-state index in [4.69, 9.17) is 4.42 Å². The van der Waals surface area contributed by atoms with Crippen molar-refractivity contribution in [2.45, 2.75) is 6.18 Å². The molecule has 0 fully saturated rings. The summed E-state index contributed by atoms with van der Waals surface area (Å²) in [5.74, 6) is -0.451. The second kappa shape index (κ2) is 5.60. The zero-order valence-corrected chi connectivity index (χ0v) is 10.0. The van der Waals surface area contributed by atoms with Crippen LogP contribution in [0, 0.1) is 0 Å². The number of nitrogens with zero attached hydrogens (tertiary/aromatic N) is 1. The van der Waals surface area contributed by atoms with Crippen molar-refractivity contribution in [3.05, 3.63) is 59.5 Å². The summed E-state index contributed by atoms with van der Waals surface area (Å²) in [5, 5.41) is 3.62. The van der Waals surface area contributed by atoms with Crippen LogP contribution in [-0.2, 0) is 6.18 Å². The molecule has 0 atom stereocenters. The average Bonchev–Trinajstić information content (AvgIpc) is 2.92. The number of nitrogens with one attached hydrogen (secondary N) is 1. The SMILES string of the molecule is O=C(N/N=C\c1ccc(C(F)(F)F)cc1)c1ccco1. The zero-order valence-electron chi connectivity index (χ0n) is 10.0. The molecule has 1 heterocycles. The Balaban J connectivity index is 1.97. The molecule has 0 unspecified atom stereocenters. The molecule has 7 heteroatoms. The summed E-state index contributed by atoms with van der Waals surface area (Å²) in [7, 11) is 0. The second-order valence-corrected chi connectivity index (χ2v) is 3.80. The summed E-state index contributed by atoms with van der Waals surface area (Å²) >= 11 is 0. The predicted octanol–water partition coefficient (Wildman–Crippen LogP) is 3.06. The van der Waals surface area contributed by atoms with Crippen molar-refractivity contribution in [3.8, 4) is 0 Å². The van der Waals surface area contributed by atoms with Gasteiger partial charge in [0.25, 0.3) is 0 Å². The van der Waals surface area contributed by atoms with Gasteiger partial charge < -0.3 is 4.42 Å². The second-order valence-electron chi connectivity index (χ2n) is 3.80. The maximum Gasteiger partial charge on any atom is 0.416 e. The normalized spacial score (nSPS) is 11.8. The number of furan rings is 1. The molecular formula is C13H9F3N2O2. The molecule has 0 saturated heterocycles. The number of carbonyl (C=O) groups excluding carboxylic acids is 1. The molecule has 0 aliphatic heterocycles. The van der Waals surface area contributed by atoms with E-state index in [1.807, 2.05) is 0 Å². The van der Waals surface area contributed by atoms with Crippen LogP contribution in [0.5, 0.6) is 0 Å².